The number of hydrogen-bond donors (Lipinski definition) is 2. The van der Waals surface area contributed by atoms with Gasteiger partial charge >= 0.3 is 5.97 Å². The first-order chi connectivity index (χ1) is 14.8. The van der Waals surface area contributed by atoms with Gasteiger partial charge in [0.1, 0.15) is 11.9 Å². The Balaban J connectivity index is 1.85. The van der Waals surface area contributed by atoms with Gasteiger partial charge in [0, 0.05) is 18.0 Å². The number of carboxylic acid groups (broad SMARTS) is 1. The highest BCUT2D eigenvalue weighted by Crippen LogP contribution is 2.43. The number of rotatable bonds is 6. The molecule has 0 unspecified atom stereocenters. The van der Waals surface area contributed by atoms with Gasteiger partial charge in [-0.05, 0) is 54.7 Å². The van der Waals surface area contributed by atoms with Gasteiger partial charge in [0.15, 0.2) is 5.82 Å². The number of aromatic nitrogens is 2. The maximum atomic E-state index is 14.3. The zero-order valence-corrected chi connectivity index (χ0v) is 16.7. The van der Waals surface area contributed by atoms with Gasteiger partial charge in [-0.3, -0.25) is 4.72 Å². The van der Waals surface area contributed by atoms with Gasteiger partial charge in [0.05, 0.1) is 21.7 Å². The first-order valence-electron chi connectivity index (χ1n) is 9.21. The summed E-state index contributed by atoms with van der Waals surface area (Å²) in [6, 6.07) is 9.25. The van der Waals surface area contributed by atoms with E-state index in [-0.39, 0.29) is 39.0 Å². The summed E-state index contributed by atoms with van der Waals surface area (Å²) in [4.78, 5) is 19.3. The van der Waals surface area contributed by atoms with Crippen molar-refractivity contribution >= 4 is 21.7 Å². The number of benzene rings is 2. The van der Waals surface area contributed by atoms with Crippen LogP contribution in [-0.4, -0.2) is 29.5 Å². The van der Waals surface area contributed by atoms with E-state index in [1.165, 1.54) is 24.5 Å². The highest BCUT2D eigenvalue weighted by molar-refractivity contribution is 7.92. The lowest BCUT2D eigenvalue weighted by atomic mass is 10.1. The molecule has 1 aromatic heterocycles. The molecule has 10 heteroatoms. The maximum Gasteiger partial charge on any atom is 0.335 e. The summed E-state index contributed by atoms with van der Waals surface area (Å²) in [6.07, 6.45) is 4.43. The fourth-order valence-corrected chi connectivity index (χ4v) is 4.59. The second-order valence-electron chi connectivity index (χ2n) is 7.00. The van der Waals surface area contributed by atoms with Crippen LogP contribution in [0.15, 0.2) is 53.7 Å². The van der Waals surface area contributed by atoms with E-state index < -0.39 is 21.8 Å². The van der Waals surface area contributed by atoms with Crippen LogP contribution in [0.1, 0.15) is 40.2 Å². The summed E-state index contributed by atoms with van der Waals surface area (Å²) in [7, 11) is -4.27. The maximum absolute atomic E-state index is 14.3. The Morgan fingerprint density at radius 1 is 1.19 bits per heavy atom. The molecule has 31 heavy (non-hydrogen) atoms. The van der Waals surface area contributed by atoms with Gasteiger partial charge in [-0.2, -0.15) is 5.26 Å². The molecule has 4 rings (SSSR count). The zero-order valence-electron chi connectivity index (χ0n) is 15.9. The first kappa shape index (κ1) is 20.4. The molecule has 156 valence electrons. The average molecular weight is 438 g/mol. The number of anilines is 1. The van der Waals surface area contributed by atoms with Crippen LogP contribution >= 0.6 is 0 Å². The Labute approximate surface area is 177 Å². The van der Waals surface area contributed by atoms with Gasteiger partial charge in [-0.15, -0.1) is 0 Å². The van der Waals surface area contributed by atoms with Gasteiger partial charge in [-0.25, -0.2) is 27.6 Å². The van der Waals surface area contributed by atoms with E-state index in [1.54, 1.807) is 12.1 Å². The van der Waals surface area contributed by atoms with Crippen LogP contribution in [0.5, 0.6) is 0 Å². The second-order valence-corrected chi connectivity index (χ2v) is 8.65. The topological polar surface area (TPSA) is 133 Å². The van der Waals surface area contributed by atoms with Crippen molar-refractivity contribution in [2.24, 2.45) is 0 Å². The molecule has 0 spiro atoms. The largest absolute Gasteiger partial charge is 0.478 e. The normalized spacial score (nSPS) is 13.4. The molecule has 1 heterocycles. The lowest BCUT2D eigenvalue weighted by molar-refractivity contribution is 0.0696. The quantitative estimate of drug-likeness (QED) is 0.601. The van der Waals surface area contributed by atoms with Crippen molar-refractivity contribution in [1.82, 2.24) is 9.97 Å². The Hall–Kier alpha value is -3.84. The third-order valence-electron chi connectivity index (χ3n) is 4.85. The minimum Gasteiger partial charge on any atom is -0.478 e. The van der Waals surface area contributed by atoms with Crippen molar-refractivity contribution in [3.8, 4) is 17.5 Å². The molecule has 3 aromatic rings. The van der Waals surface area contributed by atoms with E-state index in [0.717, 1.165) is 31.0 Å². The lowest BCUT2D eigenvalue weighted by Crippen LogP contribution is -2.17. The van der Waals surface area contributed by atoms with Crippen molar-refractivity contribution in [3.05, 3.63) is 71.3 Å². The van der Waals surface area contributed by atoms with Crippen LogP contribution in [-0.2, 0) is 10.0 Å². The van der Waals surface area contributed by atoms with Crippen LogP contribution in [0.4, 0.5) is 10.1 Å². The van der Waals surface area contributed by atoms with Gasteiger partial charge in [-0.1, -0.05) is 6.07 Å². The number of nitrogens with one attached hydrogen (secondary N) is 1. The molecular weight excluding hydrogens is 423 g/mol. The van der Waals surface area contributed by atoms with Crippen molar-refractivity contribution < 1.29 is 22.7 Å². The monoisotopic (exact) mass is 438 g/mol. The van der Waals surface area contributed by atoms with E-state index in [9.17, 15) is 28.0 Å². The molecule has 1 aliphatic carbocycles. The molecule has 0 radical (unpaired) electrons. The molecule has 0 amide bonds. The molecule has 8 nitrogen and oxygen atoms in total. The predicted octanol–water partition coefficient (Wildman–Crippen LogP) is 3.53. The summed E-state index contributed by atoms with van der Waals surface area (Å²) in [6.45, 7) is 0. The minimum absolute atomic E-state index is 0.0224. The van der Waals surface area contributed by atoms with E-state index in [1.807, 2.05) is 0 Å². The SMILES string of the molecule is N#Cc1cc(NS(=O)(=O)c2cc(C(=O)O)ccc2C2CC2)c(-c2ncccn2)cc1F. The molecule has 0 bridgehead atoms. The van der Waals surface area contributed by atoms with Gasteiger partial charge in [0.25, 0.3) is 10.0 Å². The van der Waals surface area contributed by atoms with Gasteiger partial charge < -0.3 is 5.11 Å². The van der Waals surface area contributed by atoms with E-state index in [4.69, 9.17) is 0 Å². The molecule has 1 aliphatic rings. The number of halogens is 1. The number of nitrogens with zero attached hydrogens (tertiary/aromatic N) is 3. The van der Waals surface area contributed by atoms with Crippen LogP contribution < -0.4 is 4.72 Å². The number of aromatic carboxylic acids is 1. The van der Waals surface area contributed by atoms with Crippen LogP contribution in [0, 0.1) is 17.1 Å². The van der Waals surface area contributed by atoms with Crippen molar-refractivity contribution in [1.29, 1.82) is 5.26 Å². The number of carbonyl (C=O) groups is 1. The molecule has 2 N–H and O–H groups in total. The fraction of sp³-hybridized carbons (Fsp3) is 0.143. The third-order valence-corrected chi connectivity index (χ3v) is 6.27. The number of hydrogen-bond acceptors (Lipinski definition) is 6. The molecular formula is C21H15FN4O4S. The van der Waals surface area contributed by atoms with E-state index in [0.29, 0.717) is 5.56 Å². The Bertz CT molecular complexity index is 1330. The van der Waals surface area contributed by atoms with E-state index in [2.05, 4.69) is 14.7 Å². The summed E-state index contributed by atoms with van der Waals surface area (Å²) < 4.78 is 43.2. The highest BCUT2D eigenvalue weighted by atomic mass is 32.2. The second kappa shape index (κ2) is 7.77. The standard InChI is InChI=1S/C21H15FN4O4S/c22-17-10-16(20-24-6-1-7-25-20)18(8-14(17)11-23)26-31(29,30)19-9-13(21(27)28)4-5-15(19)12-2-3-12/h1,4-10,12,26H,2-3H2,(H,27,28). The zero-order chi connectivity index (χ0) is 22.2. The van der Waals surface area contributed by atoms with Crippen molar-refractivity contribution in [3.63, 3.8) is 0 Å². The Morgan fingerprint density at radius 2 is 1.90 bits per heavy atom. The summed E-state index contributed by atoms with van der Waals surface area (Å²) >= 11 is 0. The van der Waals surface area contributed by atoms with Crippen molar-refractivity contribution in [2.45, 2.75) is 23.7 Å². The minimum atomic E-state index is -4.27. The number of carboxylic acids is 1. The molecule has 1 saturated carbocycles. The fourth-order valence-electron chi connectivity index (χ4n) is 3.20. The highest BCUT2D eigenvalue weighted by Gasteiger charge is 2.32. The first-order valence-corrected chi connectivity index (χ1v) is 10.7. The Kier molecular flexibility index (Phi) is 5.12. The predicted molar refractivity (Wildman–Crippen MR) is 108 cm³/mol. The van der Waals surface area contributed by atoms with Crippen molar-refractivity contribution in [2.75, 3.05) is 4.72 Å². The third kappa shape index (κ3) is 4.08. The average Bonchev–Trinajstić information content (AvgIpc) is 3.60. The van der Waals surface area contributed by atoms with Gasteiger partial charge in [0.2, 0.25) is 0 Å². The Morgan fingerprint density at radius 3 is 2.52 bits per heavy atom. The summed E-state index contributed by atoms with van der Waals surface area (Å²) in [5.41, 5.74) is -0.0698. The summed E-state index contributed by atoms with van der Waals surface area (Å²) in [5.74, 6) is -2.02. The van der Waals surface area contributed by atoms with Crippen LogP contribution in [0.2, 0.25) is 0 Å². The molecule has 0 saturated heterocycles. The molecule has 0 aliphatic heterocycles. The number of nitriles is 1. The molecule has 2 aromatic carbocycles. The van der Waals surface area contributed by atoms with Crippen LogP contribution in [0.3, 0.4) is 0 Å². The lowest BCUT2D eigenvalue weighted by Gasteiger charge is -2.15. The molecule has 0 atom stereocenters. The number of sulfonamides is 1. The molecule has 1 fully saturated rings. The van der Waals surface area contributed by atoms with E-state index >= 15 is 0 Å². The smallest absolute Gasteiger partial charge is 0.335 e. The summed E-state index contributed by atoms with van der Waals surface area (Å²) in [5, 5.41) is 18.5. The van der Waals surface area contributed by atoms with Crippen LogP contribution in [0.25, 0.3) is 11.4 Å².